The first-order valence-electron chi connectivity index (χ1n) is 9.34. The van der Waals surface area contributed by atoms with Gasteiger partial charge in [0.05, 0.1) is 0 Å². The highest BCUT2D eigenvalue weighted by Gasteiger charge is 2.44. The van der Waals surface area contributed by atoms with E-state index >= 15 is 0 Å². The SMILES string of the molecule is C[C@@H](/C=N\NC(=O)[C@H]1C[C@@H]1c1ccc(C(C)(C)C)cc1)c1ccccc1. The second-order valence-corrected chi connectivity index (χ2v) is 8.27. The average molecular weight is 348 g/mol. The van der Waals surface area contributed by atoms with Gasteiger partial charge in [-0.15, -0.1) is 0 Å². The third kappa shape index (κ3) is 4.40. The van der Waals surface area contributed by atoms with Gasteiger partial charge in [0, 0.05) is 18.1 Å². The van der Waals surface area contributed by atoms with E-state index in [0.29, 0.717) is 5.92 Å². The molecule has 3 atom stereocenters. The lowest BCUT2D eigenvalue weighted by Gasteiger charge is -2.19. The van der Waals surface area contributed by atoms with E-state index < -0.39 is 0 Å². The summed E-state index contributed by atoms with van der Waals surface area (Å²) in [4.78, 5) is 12.3. The monoisotopic (exact) mass is 348 g/mol. The van der Waals surface area contributed by atoms with Crippen molar-refractivity contribution >= 4 is 12.1 Å². The van der Waals surface area contributed by atoms with Crippen molar-refractivity contribution in [3.05, 3.63) is 71.3 Å². The molecule has 1 aliphatic carbocycles. The van der Waals surface area contributed by atoms with Crippen molar-refractivity contribution in [3.63, 3.8) is 0 Å². The molecule has 3 rings (SSSR count). The summed E-state index contributed by atoms with van der Waals surface area (Å²) in [6, 6.07) is 18.9. The Balaban J connectivity index is 1.52. The van der Waals surface area contributed by atoms with Crippen molar-refractivity contribution in [2.45, 2.75) is 51.4 Å². The van der Waals surface area contributed by atoms with Gasteiger partial charge in [-0.25, -0.2) is 5.43 Å². The van der Waals surface area contributed by atoms with E-state index in [1.807, 2.05) is 18.2 Å². The molecule has 1 amide bonds. The zero-order chi connectivity index (χ0) is 18.7. The number of nitrogens with one attached hydrogen (secondary N) is 1. The predicted octanol–water partition coefficient (Wildman–Crippen LogP) is 4.99. The van der Waals surface area contributed by atoms with Gasteiger partial charge >= 0.3 is 0 Å². The Labute approximate surface area is 156 Å². The van der Waals surface area contributed by atoms with Crippen LogP contribution < -0.4 is 5.43 Å². The van der Waals surface area contributed by atoms with Gasteiger partial charge in [-0.3, -0.25) is 4.79 Å². The highest BCUT2D eigenvalue weighted by atomic mass is 16.2. The van der Waals surface area contributed by atoms with Gasteiger partial charge in [0.25, 0.3) is 0 Å². The molecular formula is C23H28N2O. The predicted molar refractivity (Wildman–Crippen MR) is 107 cm³/mol. The summed E-state index contributed by atoms with van der Waals surface area (Å²) in [5.41, 5.74) is 6.63. The van der Waals surface area contributed by atoms with Crippen LogP contribution in [0.3, 0.4) is 0 Å². The van der Waals surface area contributed by atoms with Crippen LogP contribution in [0.15, 0.2) is 59.7 Å². The van der Waals surface area contributed by atoms with E-state index in [-0.39, 0.29) is 23.2 Å². The largest absolute Gasteiger partial charge is 0.273 e. The molecule has 3 nitrogen and oxygen atoms in total. The molecule has 26 heavy (non-hydrogen) atoms. The van der Waals surface area contributed by atoms with Gasteiger partial charge in [0.2, 0.25) is 5.91 Å². The lowest BCUT2D eigenvalue weighted by atomic mass is 9.86. The number of carbonyl (C=O) groups is 1. The molecule has 0 bridgehead atoms. The molecule has 0 heterocycles. The minimum Gasteiger partial charge on any atom is -0.273 e. The average Bonchev–Trinajstić information content (AvgIpc) is 3.42. The molecule has 1 saturated carbocycles. The van der Waals surface area contributed by atoms with Crippen LogP contribution in [0.2, 0.25) is 0 Å². The molecule has 136 valence electrons. The number of benzene rings is 2. The van der Waals surface area contributed by atoms with Crippen molar-refractivity contribution in [3.8, 4) is 0 Å². The van der Waals surface area contributed by atoms with Crippen LogP contribution in [-0.2, 0) is 10.2 Å². The molecule has 1 aliphatic rings. The fourth-order valence-electron chi connectivity index (χ4n) is 3.22. The second kappa shape index (κ2) is 7.45. The van der Waals surface area contributed by atoms with Crippen molar-refractivity contribution in [1.29, 1.82) is 0 Å². The van der Waals surface area contributed by atoms with Crippen LogP contribution >= 0.6 is 0 Å². The summed E-state index contributed by atoms with van der Waals surface area (Å²) in [5, 5.41) is 4.16. The molecule has 1 N–H and O–H groups in total. The molecule has 0 aromatic heterocycles. The molecule has 0 spiro atoms. The van der Waals surface area contributed by atoms with Crippen LogP contribution in [0.1, 0.15) is 62.6 Å². The number of hydrogen-bond donors (Lipinski definition) is 1. The summed E-state index contributed by atoms with van der Waals surface area (Å²) in [6.07, 6.45) is 2.70. The number of carbonyl (C=O) groups excluding carboxylic acids is 1. The molecular weight excluding hydrogens is 320 g/mol. The maximum Gasteiger partial charge on any atom is 0.243 e. The Hall–Kier alpha value is -2.42. The van der Waals surface area contributed by atoms with Crippen molar-refractivity contribution in [2.24, 2.45) is 11.0 Å². The highest BCUT2D eigenvalue weighted by molar-refractivity contribution is 5.83. The van der Waals surface area contributed by atoms with Crippen LogP contribution in [0, 0.1) is 5.92 Å². The van der Waals surface area contributed by atoms with Gasteiger partial charge in [0.15, 0.2) is 0 Å². The Morgan fingerprint density at radius 2 is 1.77 bits per heavy atom. The second-order valence-electron chi connectivity index (χ2n) is 8.27. The van der Waals surface area contributed by atoms with Gasteiger partial charge < -0.3 is 0 Å². The van der Waals surface area contributed by atoms with E-state index in [0.717, 1.165) is 6.42 Å². The van der Waals surface area contributed by atoms with Crippen LogP contribution in [0.5, 0.6) is 0 Å². The summed E-state index contributed by atoms with van der Waals surface area (Å²) in [6.45, 7) is 8.71. The van der Waals surface area contributed by atoms with Crippen molar-refractivity contribution in [2.75, 3.05) is 0 Å². The molecule has 1 fully saturated rings. The van der Waals surface area contributed by atoms with Crippen LogP contribution in [0.25, 0.3) is 0 Å². The molecule has 0 saturated heterocycles. The lowest BCUT2D eigenvalue weighted by molar-refractivity contribution is -0.122. The molecule has 0 aliphatic heterocycles. The first-order chi connectivity index (χ1) is 12.4. The molecule has 0 unspecified atom stereocenters. The van der Waals surface area contributed by atoms with E-state index in [1.165, 1.54) is 16.7 Å². The first kappa shape index (κ1) is 18.4. The fraction of sp³-hybridized carbons (Fsp3) is 0.391. The Morgan fingerprint density at radius 1 is 1.12 bits per heavy atom. The smallest absolute Gasteiger partial charge is 0.243 e. The number of hydrazone groups is 1. The summed E-state index contributed by atoms with van der Waals surface area (Å²) in [7, 11) is 0. The van der Waals surface area contributed by atoms with Gasteiger partial charge in [-0.05, 0) is 34.4 Å². The Kier molecular flexibility index (Phi) is 5.26. The van der Waals surface area contributed by atoms with E-state index in [4.69, 9.17) is 0 Å². The molecule has 0 radical (unpaired) electrons. The van der Waals surface area contributed by atoms with Crippen molar-refractivity contribution < 1.29 is 4.79 Å². The minimum absolute atomic E-state index is 0.0198. The third-order valence-corrected chi connectivity index (χ3v) is 5.13. The number of hydrogen-bond acceptors (Lipinski definition) is 2. The standard InChI is InChI=1S/C23H28N2O/c1-16(17-8-6-5-7-9-17)15-24-25-22(26)21-14-20(21)18-10-12-19(13-11-18)23(2,3)4/h5-13,15-16,20-21H,14H2,1-4H3,(H,25,26)/b24-15-/t16-,20+,21-/m0/s1. The quantitative estimate of drug-likeness (QED) is 0.600. The molecule has 3 heteroatoms. The highest BCUT2D eigenvalue weighted by Crippen LogP contribution is 2.47. The fourth-order valence-corrected chi connectivity index (χ4v) is 3.22. The van der Waals surface area contributed by atoms with Gasteiger partial charge in [-0.1, -0.05) is 82.3 Å². The maximum atomic E-state index is 12.3. The Bertz CT molecular complexity index is 772. The summed E-state index contributed by atoms with van der Waals surface area (Å²) >= 11 is 0. The van der Waals surface area contributed by atoms with Gasteiger partial charge in [-0.2, -0.15) is 5.10 Å². The molecule has 2 aromatic carbocycles. The number of amides is 1. The zero-order valence-corrected chi connectivity index (χ0v) is 16.1. The van der Waals surface area contributed by atoms with Crippen LogP contribution in [-0.4, -0.2) is 12.1 Å². The van der Waals surface area contributed by atoms with E-state index in [2.05, 4.69) is 74.6 Å². The Morgan fingerprint density at radius 3 is 2.38 bits per heavy atom. The minimum atomic E-state index is 0.0198. The number of nitrogens with zero attached hydrogens (tertiary/aromatic N) is 1. The molecule has 2 aromatic rings. The maximum absolute atomic E-state index is 12.3. The van der Waals surface area contributed by atoms with Crippen LogP contribution in [0.4, 0.5) is 0 Å². The zero-order valence-electron chi connectivity index (χ0n) is 16.1. The number of rotatable bonds is 5. The van der Waals surface area contributed by atoms with Gasteiger partial charge in [0.1, 0.15) is 0 Å². The van der Waals surface area contributed by atoms with E-state index in [1.54, 1.807) is 6.21 Å². The normalized spacial score (nSPS) is 20.8. The summed E-state index contributed by atoms with van der Waals surface area (Å²) < 4.78 is 0. The van der Waals surface area contributed by atoms with Crippen molar-refractivity contribution in [1.82, 2.24) is 5.43 Å². The summed E-state index contributed by atoms with van der Waals surface area (Å²) in [5.74, 6) is 0.563. The van der Waals surface area contributed by atoms with E-state index in [9.17, 15) is 4.79 Å². The lowest BCUT2D eigenvalue weighted by Crippen LogP contribution is -2.20. The third-order valence-electron chi connectivity index (χ3n) is 5.13. The first-order valence-corrected chi connectivity index (χ1v) is 9.34. The topological polar surface area (TPSA) is 41.5 Å².